The number of benzene rings is 3. The van der Waals surface area contributed by atoms with Crippen LogP contribution >= 0.6 is 11.6 Å². The Morgan fingerprint density at radius 1 is 1.00 bits per heavy atom. The number of ether oxygens (including phenoxy) is 1. The highest BCUT2D eigenvalue weighted by Gasteiger charge is 2.18. The molecule has 0 heterocycles. The van der Waals surface area contributed by atoms with Crippen molar-refractivity contribution in [2.75, 3.05) is 5.32 Å². The molecule has 1 atom stereocenters. The zero-order chi connectivity index (χ0) is 18.5. The van der Waals surface area contributed by atoms with Crippen LogP contribution in [0, 0.1) is 6.92 Å². The zero-order valence-electron chi connectivity index (χ0n) is 14.7. The maximum absolute atomic E-state index is 12.6. The summed E-state index contributed by atoms with van der Waals surface area (Å²) in [6, 6.07) is 23.1. The smallest absolute Gasteiger partial charge is 0.265 e. The Bertz CT molecular complexity index is 909. The van der Waals surface area contributed by atoms with Crippen molar-refractivity contribution in [2.24, 2.45) is 0 Å². The first-order chi connectivity index (χ1) is 12.5. The van der Waals surface area contributed by atoms with Crippen molar-refractivity contribution in [3.8, 4) is 16.9 Å². The van der Waals surface area contributed by atoms with Gasteiger partial charge in [0.2, 0.25) is 0 Å². The number of hydrogen-bond donors (Lipinski definition) is 1. The second-order valence-corrected chi connectivity index (χ2v) is 6.50. The van der Waals surface area contributed by atoms with E-state index in [1.54, 1.807) is 13.0 Å². The van der Waals surface area contributed by atoms with Gasteiger partial charge >= 0.3 is 0 Å². The Labute approximate surface area is 158 Å². The fourth-order valence-electron chi connectivity index (χ4n) is 2.64. The van der Waals surface area contributed by atoms with Crippen LogP contribution in [0.1, 0.15) is 12.5 Å². The number of hydrogen-bond acceptors (Lipinski definition) is 2. The molecule has 0 spiro atoms. The lowest BCUT2D eigenvalue weighted by Crippen LogP contribution is -2.30. The third kappa shape index (κ3) is 4.24. The van der Waals surface area contributed by atoms with E-state index in [1.165, 1.54) is 0 Å². The summed E-state index contributed by atoms with van der Waals surface area (Å²) in [5, 5.41) is 3.44. The largest absolute Gasteiger partial charge is 0.479 e. The monoisotopic (exact) mass is 365 g/mol. The maximum atomic E-state index is 12.6. The number of rotatable bonds is 5. The topological polar surface area (TPSA) is 38.3 Å². The van der Waals surface area contributed by atoms with Crippen molar-refractivity contribution in [1.82, 2.24) is 0 Å². The van der Waals surface area contributed by atoms with Gasteiger partial charge in [-0.25, -0.2) is 0 Å². The molecule has 0 aromatic heterocycles. The average molecular weight is 366 g/mol. The van der Waals surface area contributed by atoms with Gasteiger partial charge in [0.05, 0.1) is 5.02 Å². The van der Waals surface area contributed by atoms with Crippen LogP contribution in [0.25, 0.3) is 11.1 Å². The van der Waals surface area contributed by atoms with E-state index in [0.717, 1.165) is 22.4 Å². The molecule has 0 fully saturated rings. The van der Waals surface area contributed by atoms with Gasteiger partial charge in [0.1, 0.15) is 5.75 Å². The van der Waals surface area contributed by atoms with Crippen LogP contribution in [0.15, 0.2) is 72.8 Å². The maximum Gasteiger partial charge on any atom is 0.265 e. The molecule has 3 aromatic carbocycles. The third-order valence-electron chi connectivity index (χ3n) is 4.03. The second kappa shape index (κ2) is 8.07. The Morgan fingerprint density at radius 2 is 1.69 bits per heavy atom. The molecule has 1 unspecified atom stereocenters. The SMILES string of the molecule is Cc1ccc(Cl)c(OC(C)C(=O)Nc2ccccc2-c2ccccc2)c1. The third-order valence-corrected chi connectivity index (χ3v) is 4.34. The molecule has 3 nitrogen and oxygen atoms in total. The molecule has 1 amide bonds. The number of aryl methyl sites for hydroxylation is 1. The zero-order valence-corrected chi connectivity index (χ0v) is 15.5. The van der Waals surface area contributed by atoms with Gasteiger partial charge in [-0.05, 0) is 43.2 Å². The molecule has 0 radical (unpaired) electrons. The number of halogens is 1. The predicted molar refractivity (Wildman–Crippen MR) is 107 cm³/mol. The first-order valence-corrected chi connectivity index (χ1v) is 8.80. The molecule has 4 heteroatoms. The highest BCUT2D eigenvalue weighted by atomic mass is 35.5. The van der Waals surface area contributed by atoms with Gasteiger partial charge in [0.25, 0.3) is 5.91 Å². The summed E-state index contributed by atoms with van der Waals surface area (Å²) in [7, 11) is 0. The summed E-state index contributed by atoms with van der Waals surface area (Å²) in [6.45, 7) is 3.66. The fraction of sp³-hybridized carbons (Fsp3) is 0.136. The van der Waals surface area contributed by atoms with Gasteiger partial charge in [0, 0.05) is 11.3 Å². The van der Waals surface area contributed by atoms with Gasteiger partial charge in [-0.2, -0.15) is 0 Å². The summed E-state index contributed by atoms with van der Waals surface area (Å²) in [6.07, 6.45) is -0.682. The molecule has 3 rings (SSSR count). The summed E-state index contributed by atoms with van der Waals surface area (Å²) < 4.78 is 5.76. The van der Waals surface area contributed by atoms with E-state index >= 15 is 0 Å². The quantitative estimate of drug-likeness (QED) is 0.627. The summed E-state index contributed by atoms with van der Waals surface area (Å²) >= 11 is 6.15. The molecule has 0 saturated heterocycles. The van der Waals surface area contributed by atoms with Crippen molar-refractivity contribution in [2.45, 2.75) is 20.0 Å². The first kappa shape index (κ1) is 18.0. The van der Waals surface area contributed by atoms with E-state index in [2.05, 4.69) is 5.32 Å². The number of para-hydroxylation sites is 1. The van der Waals surface area contributed by atoms with Crippen LogP contribution in [0.5, 0.6) is 5.75 Å². The normalized spacial score (nSPS) is 11.7. The predicted octanol–water partition coefficient (Wildman–Crippen LogP) is 5.72. The molecule has 0 aliphatic rings. The van der Waals surface area contributed by atoms with Crippen LogP contribution in [-0.4, -0.2) is 12.0 Å². The first-order valence-electron chi connectivity index (χ1n) is 8.43. The van der Waals surface area contributed by atoms with Gasteiger partial charge < -0.3 is 10.1 Å². The minimum Gasteiger partial charge on any atom is -0.479 e. The van der Waals surface area contributed by atoms with E-state index in [9.17, 15) is 4.79 Å². The second-order valence-electron chi connectivity index (χ2n) is 6.09. The van der Waals surface area contributed by atoms with Gasteiger partial charge in [-0.3, -0.25) is 4.79 Å². The van der Waals surface area contributed by atoms with Crippen LogP contribution in [0.2, 0.25) is 5.02 Å². The van der Waals surface area contributed by atoms with Crippen molar-refractivity contribution in [3.05, 3.63) is 83.4 Å². The molecular formula is C22H20ClNO2. The van der Waals surface area contributed by atoms with Gasteiger partial charge in [0.15, 0.2) is 6.10 Å². The lowest BCUT2D eigenvalue weighted by atomic mass is 10.0. The molecule has 3 aromatic rings. The summed E-state index contributed by atoms with van der Waals surface area (Å²) in [5.41, 5.74) is 3.77. The highest BCUT2D eigenvalue weighted by molar-refractivity contribution is 6.32. The molecule has 0 saturated carbocycles. The molecule has 0 aliphatic heterocycles. The fourth-order valence-corrected chi connectivity index (χ4v) is 2.80. The molecular weight excluding hydrogens is 346 g/mol. The van der Waals surface area contributed by atoms with Crippen molar-refractivity contribution in [1.29, 1.82) is 0 Å². The standard InChI is InChI=1S/C22H20ClNO2/c1-15-12-13-19(23)21(14-15)26-16(2)22(25)24-20-11-7-6-10-18(20)17-8-4-3-5-9-17/h3-14,16H,1-2H3,(H,24,25). The van der Waals surface area contributed by atoms with Gasteiger partial charge in [-0.1, -0.05) is 66.2 Å². The number of nitrogens with one attached hydrogen (secondary N) is 1. The molecule has 132 valence electrons. The molecule has 26 heavy (non-hydrogen) atoms. The summed E-state index contributed by atoms with van der Waals surface area (Å²) in [5.74, 6) is 0.275. The van der Waals surface area contributed by atoms with Crippen LogP contribution in [-0.2, 0) is 4.79 Å². The number of carbonyl (C=O) groups is 1. The minimum atomic E-state index is -0.682. The highest BCUT2D eigenvalue weighted by Crippen LogP contribution is 2.29. The van der Waals surface area contributed by atoms with Crippen molar-refractivity contribution >= 4 is 23.2 Å². The van der Waals surface area contributed by atoms with Crippen molar-refractivity contribution in [3.63, 3.8) is 0 Å². The molecule has 0 aliphatic carbocycles. The van der Waals surface area contributed by atoms with E-state index < -0.39 is 6.10 Å². The number of anilines is 1. The Balaban J connectivity index is 1.77. The van der Waals surface area contributed by atoms with Crippen LogP contribution < -0.4 is 10.1 Å². The number of carbonyl (C=O) groups excluding carboxylic acids is 1. The average Bonchev–Trinajstić information content (AvgIpc) is 2.66. The van der Waals surface area contributed by atoms with Gasteiger partial charge in [-0.15, -0.1) is 0 Å². The van der Waals surface area contributed by atoms with E-state index in [-0.39, 0.29) is 5.91 Å². The number of amides is 1. The van der Waals surface area contributed by atoms with E-state index in [0.29, 0.717) is 10.8 Å². The molecule has 1 N–H and O–H groups in total. The Hall–Kier alpha value is -2.78. The van der Waals surface area contributed by atoms with Crippen LogP contribution in [0.4, 0.5) is 5.69 Å². The van der Waals surface area contributed by atoms with Crippen molar-refractivity contribution < 1.29 is 9.53 Å². The molecule has 0 bridgehead atoms. The van der Waals surface area contributed by atoms with E-state index in [4.69, 9.17) is 16.3 Å². The summed E-state index contributed by atoms with van der Waals surface area (Å²) in [4.78, 5) is 12.6. The van der Waals surface area contributed by atoms with E-state index in [1.807, 2.05) is 73.7 Å². The minimum absolute atomic E-state index is 0.231. The Morgan fingerprint density at radius 3 is 2.46 bits per heavy atom. The Kier molecular flexibility index (Phi) is 5.59. The lowest BCUT2D eigenvalue weighted by Gasteiger charge is -2.17. The van der Waals surface area contributed by atoms with Crippen LogP contribution in [0.3, 0.4) is 0 Å². The lowest BCUT2D eigenvalue weighted by molar-refractivity contribution is -0.122.